The maximum Gasteiger partial charge on any atom is 0.182 e. The van der Waals surface area contributed by atoms with Crippen molar-refractivity contribution in [3.8, 4) is 0 Å². The number of sulfone groups is 1. The molecule has 0 saturated heterocycles. The van der Waals surface area contributed by atoms with Gasteiger partial charge in [-0.2, -0.15) is 0 Å². The molecule has 0 spiro atoms. The maximum atomic E-state index is 12.0. The molecule has 0 radical (unpaired) electrons. The van der Waals surface area contributed by atoms with Crippen LogP contribution in [-0.2, 0) is 9.84 Å². The normalized spacial score (nSPS) is 13.8. The van der Waals surface area contributed by atoms with E-state index < -0.39 is 15.1 Å². The summed E-state index contributed by atoms with van der Waals surface area (Å²) < 4.78 is 23.9. The Balaban J connectivity index is 3.01. The van der Waals surface area contributed by atoms with Gasteiger partial charge in [0.25, 0.3) is 0 Å². The van der Waals surface area contributed by atoms with Gasteiger partial charge in [0, 0.05) is 11.6 Å². The van der Waals surface area contributed by atoms with Crippen molar-refractivity contribution >= 4 is 21.4 Å². The lowest BCUT2D eigenvalue weighted by atomic mass is 10.4. The predicted octanol–water partition coefficient (Wildman–Crippen LogP) is 1.72. The molecule has 1 aromatic rings. The van der Waals surface area contributed by atoms with E-state index in [9.17, 15) is 8.42 Å². The number of halogens is 1. The van der Waals surface area contributed by atoms with Gasteiger partial charge in [0.1, 0.15) is 0 Å². The van der Waals surface area contributed by atoms with Crippen LogP contribution in [0, 0.1) is 0 Å². The Morgan fingerprint density at radius 1 is 1.33 bits per heavy atom. The van der Waals surface area contributed by atoms with Gasteiger partial charge in [-0.3, -0.25) is 0 Å². The molecule has 1 atom stereocenters. The Kier molecular flexibility index (Phi) is 4.13. The van der Waals surface area contributed by atoms with Crippen LogP contribution in [0.15, 0.2) is 29.2 Å². The number of benzene rings is 1. The highest BCUT2D eigenvalue weighted by Gasteiger charge is 2.22. The minimum atomic E-state index is -3.24. The average Bonchev–Trinajstić information content (AvgIpc) is 2.18. The van der Waals surface area contributed by atoms with Crippen molar-refractivity contribution in [2.45, 2.75) is 17.1 Å². The van der Waals surface area contributed by atoms with Gasteiger partial charge in [-0.1, -0.05) is 11.6 Å². The Hall–Kier alpha value is -0.580. The minimum absolute atomic E-state index is 0.314. The molecule has 15 heavy (non-hydrogen) atoms. The smallest absolute Gasteiger partial charge is 0.182 e. The molecular formula is C10H14ClNO2S. The zero-order chi connectivity index (χ0) is 11.5. The number of nitrogens with one attached hydrogen (secondary N) is 1. The van der Waals surface area contributed by atoms with Crippen molar-refractivity contribution in [3.05, 3.63) is 29.3 Å². The highest BCUT2D eigenvalue weighted by molar-refractivity contribution is 7.92. The van der Waals surface area contributed by atoms with Crippen LogP contribution in [0.4, 0.5) is 0 Å². The van der Waals surface area contributed by atoms with Crippen LogP contribution in [0.1, 0.15) is 6.92 Å². The van der Waals surface area contributed by atoms with Gasteiger partial charge in [-0.15, -0.1) is 0 Å². The molecule has 0 saturated carbocycles. The summed E-state index contributed by atoms with van der Waals surface area (Å²) in [5.74, 6) is 0. The molecule has 5 heteroatoms. The average molecular weight is 248 g/mol. The fraction of sp³-hybridized carbons (Fsp3) is 0.400. The van der Waals surface area contributed by atoms with E-state index in [1.807, 2.05) is 0 Å². The van der Waals surface area contributed by atoms with Crippen molar-refractivity contribution in [1.29, 1.82) is 0 Å². The highest BCUT2D eigenvalue weighted by Crippen LogP contribution is 2.18. The molecule has 0 bridgehead atoms. The van der Waals surface area contributed by atoms with Crippen LogP contribution in [0.25, 0.3) is 0 Å². The Morgan fingerprint density at radius 2 is 1.87 bits per heavy atom. The van der Waals surface area contributed by atoms with Crippen molar-refractivity contribution in [1.82, 2.24) is 5.32 Å². The fourth-order valence-corrected chi connectivity index (χ4v) is 2.75. The van der Waals surface area contributed by atoms with Crippen molar-refractivity contribution in [3.63, 3.8) is 0 Å². The zero-order valence-electron chi connectivity index (χ0n) is 8.70. The largest absolute Gasteiger partial charge is 0.318 e. The van der Waals surface area contributed by atoms with E-state index in [1.54, 1.807) is 26.1 Å². The van der Waals surface area contributed by atoms with Gasteiger partial charge in [-0.25, -0.2) is 8.42 Å². The van der Waals surface area contributed by atoms with E-state index in [-0.39, 0.29) is 0 Å². The summed E-state index contributed by atoms with van der Waals surface area (Å²) in [5, 5.41) is 2.95. The predicted molar refractivity (Wildman–Crippen MR) is 62.0 cm³/mol. The third kappa shape index (κ3) is 2.93. The van der Waals surface area contributed by atoms with Gasteiger partial charge < -0.3 is 5.32 Å². The van der Waals surface area contributed by atoms with E-state index in [4.69, 9.17) is 11.6 Å². The van der Waals surface area contributed by atoms with Gasteiger partial charge >= 0.3 is 0 Å². The standard InChI is InChI=1S/C10H14ClNO2S/c1-8(7-12-2)15(13,14)10-5-3-9(11)4-6-10/h3-6,8,12H,7H2,1-2H3. The first-order valence-electron chi connectivity index (χ1n) is 4.62. The summed E-state index contributed by atoms with van der Waals surface area (Å²) in [6.07, 6.45) is 0. The molecule has 0 aliphatic heterocycles. The van der Waals surface area contributed by atoms with Gasteiger partial charge in [0.05, 0.1) is 10.1 Å². The molecule has 1 aromatic carbocycles. The van der Waals surface area contributed by atoms with E-state index in [2.05, 4.69) is 5.32 Å². The summed E-state index contributed by atoms with van der Waals surface area (Å²) in [7, 11) is -1.51. The van der Waals surface area contributed by atoms with E-state index in [1.165, 1.54) is 12.1 Å². The highest BCUT2D eigenvalue weighted by atomic mass is 35.5. The molecule has 0 amide bonds. The summed E-state index contributed by atoms with van der Waals surface area (Å²) in [4.78, 5) is 0.314. The zero-order valence-corrected chi connectivity index (χ0v) is 10.3. The first-order valence-corrected chi connectivity index (χ1v) is 6.55. The number of hydrogen-bond donors (Lipinski definition) is 1. The number of rotatable bonds is 4. The monoisotopic (exact) mass is 247 g/mol. The van der Waals surface area contributed by atoms with Crippen molar-refractivity contribution in [2.24, 2.45) is 0 Å². The molecule has 1 unspecified atom stereocenters. The molecule has 1 rings (SSSR count). The van der Waals surface area contributed by atoms with Gasteiger partial charge in [0.15, 0.2) is 9.84 Å². The number of hydrogen-bond acceptors (Lipinski definition) is 3. The Labute approximate surface area is 95.4 Å². The Bertz CT molecular complexity index is 414. The SMILES string of the molecule is CNCC(C)S(=O)(=O)c1ccc(Cl)cc1. The lowest BCUT2D eigenvalue weighted by Gasteiger charge is -2.12. The molecule has 3 nitrogen and oxygen atoms in total. The van der Waals surface area contributed by atoms with Gasteiger partial charge in [-0.05, 0) is 38.2 Å². The van der Waals surface area contributed by atoms with Crippen LogP contribution >= 0.6 is 11.6 Å². The fourth-order valence-electron chi connectivity index (χ4n) is 1.25. The lowest BCUT2D eigenvalue weighted by Crippen LogP contribution is -2.28. The molecule has 1 N–H and O–H groups in total. The summed E-state index contributed by atoms with van der Waals surface area (Å²) in [6, 6.07) is 6.23. The maximum absolute atomic E-state index is 12.0. The summed E-state index contributed by atoms with van der Waals surface area (Å²) in [6.45, 7) is 2.12. The molecule has 0 aromatic heterocycles. The summed E-state index contributed by atoms with van der Waals surface area (Å²) >= 11 is 5.70. The minimum Gasteiger partial charge on any atom is -0.318 e. The molecule has 0 aliphatic rings. The van der Waals surface area contributed by atoms with Crippen molar-refractivity contribution in [2.75, 3.05) is 13.6 Å². The molecule has 0 aliphatic carbocycles. The Morgan fingerprint density at radius 3 is 2.33 bits per heavy atom. The van der Waals surface area contributed by atoms with Gasteiger partial charge in [0.2, 0.25) is 0 Å². The molecular weight excluding hydrogens is 234 g/mol. The van der Waals surface area contributed by atoms with E-state index in [0.717, 1.165) is 0 Å². The van der Waals surface area contributed by atoms with Crippen molar-refractivity contribution < 1.29 is 8.42 Å². The first kappa shape index (κ1) is 12.5. The second-order valence-electron chi connectivity index (χ2n) is 3.37. The van der Waals surface area contributed by atoms with E-state index in [0.29, 0.717) is 16.5 Å². The molecule has 84 valence electrons. The topological polar surface area (TPSA) is 46.2 Å². The quantitative estimate of drug-likeness (QED) is 0.881. The van der Waals surface area contributed by atoms with E-state index >= 15 is 0 Å². The molecule has 0 fully saturated rings. The van der Waals surface area contributed by atoms with Crippen LogP contribution in [0.2, 0.25) is 5.02 Å². The first-order chi connectivity index (χ1) is 6.98. The second kappa shape index (κ2) is 4.96. The summed E-state index contributed by atoms with van der Waals surface area (Å²) in [5.41, 5.74) is 0. The third-order valence-electron chi connectivity index (χ3n) is 2.16. The van der Waals surface area contributed by atoms with Crippen LogP contribution in [0.3, 0.4) is 0 Å². The molecule has 0 heterocycles. The lowest BCUT2D eigenvalue weighted by molar-refractivity contribution is 0.578. The van der Waals surface area contributed by atoms with Crippen LogP contribution in [-0.4, -0.2) is 27.3 Å². The van der Waals surface area contributed by atoms with Crippen LogP contribution in [0.5, 0.6) is 0 Å². The third-order valence-corrected chi connectivity index (χ3v) is 4.57. The van der Waals surface area contributed by atoms with Crippen LogP contribution < -0.4 is 5.32 Å². The second-order valence-corrected chi connectivity index (χ2v) is 6.17.